The van der Waals surface area contributed by atoms with Crippen LogP contribution in [0.2, 0.25) is 0 Å². The highest BCUT2D eigenvalue weighted by Gasteiger charge is 2.23. The van der Waals surface area contributed by atoms with Gasteiger partial charge >= 0.3 is 0 Å². The molecule has 2 unspecified atom stereocenters. The van der Waals surface area contributed by atoms with E-state index in [9.17, 15) is 9.00 Å². The van der Waals surface area contributed by atoms with Crippen LogP contribution in [0.3, 0.4) is 0 Å². The standard InChI is InChI=1S/C11H16N2O2S/c1-3-9(11(13)14)16(15)10-6-7(2)4-5-8(10)12/h4-6,9H,3,12H2,1-2H3,(H2,13,14). The molecule has 0 bridgehead atoms. The van der Waals surface area contributed by atoms with E-state index in [0.29, 0.717) is 17.0 Å². The van der Waals surface area contributed by atoms with E-state index in [4.69, 9.17) is 11.5 Å². The highest BCUT2D eigenvalue weighted by Crippen LogP contribution is 2.21. The summed E-state index contributed by atoms with van der Waals surface area (Å²) in [4.78, 5) is 11.6. The normalized spacial score (nSPS) is 14.4. The fourth-order valence-corrected chi connectivity index (χ4v) is 2.85. The van der Waals surface area contributed by atoms with Gasteiger partial charge in [0.2, 0.25) is 5.91 Å². The zero-order valence-electron chi connectivity index (χ0n) is 9.40. The van der Waals surface area contributed by atoms with Crippen molar-refractivity contribution in [2.45, 2.75) is 30.4 Å². The summed E-state index contributed by atoms with van der Waals surface area (Å²) in [7, 11) is -1.47. The maximum Gasteiger partial charge on any atom is 0.233 e. The molecular formula is C11H16N2O2S. The van der Waals surface area contributed by atoms with Gasteiger partial charge in [0.05, 0.1) is 15.7 Å². The van der Waals surface area contributed by atoms with Gasteiger partial charge in [-0.3, -0.25) is 9.00 Å². The lowest BCUT2D eigenvalue weighted by Gasteiger charge is -2.13. The minimum Gasteiger partial charge on any atom is -0.398 e. The number of hydrogen-bond donors (Lipinski definition) is 2. The Bertz CT molecular complexity index is 432. The van der Waals surface area contributed by atoms with Gasteiger partial charge in [0, 0.05) is 5.69 Å². The molecule has 0 saturated carbocycles. The smallest absolute Gasteiger partial charge is 0.233 e. The van der Waals surface area contributed by atoms with Gasteiger partial charge in [-0.05, 0) is 31.0 Å². The van der Waals surface area contributed by atoms with E-state index in [2.05, 4.69) is 0 Å². The lowest BCUT2D eigenvalue weighted by atomic mass is 10.2. The van der Waals surface area contributed by atoms with Crippen molar-refractivity contribution in [3.8, 4) is 0 Å². The first kappa shape index (κ1) is 12.7. The largest absolute Gasteiger partial charge is 0.398 e. The number of aryl methyl sites for hydroxylation is 1. The van der Waals surface area contributed by atoms with Gasteiger partial charge in [0.1, 0.15) is 5.25 Å². The van der Waals surface area contributed by atoms with Crippen molar-refractivity contribution in [3.63, 3.8) is 0 Å². The molecule has 2 atom stereocenters. The average Bonchev–Trinajstić information content (AvgIpc) is 2.22. The number of hydrogen-bond acceptors (Lipinski definition) is 3. The lowest BCUT2D eigenvalue weighted by Crippen LogP contribution is -2.32. The Morgan fingerprint density at radius 1 is 1.50 bits per heavy atom. The number of carbonyl (C=O) groups is 1. The third kappa shape index (κ3) is 2.61. The molecule has 0 heterocycles. The van der Waals surface area contributed by atoms with E-state index in [0.717, 1.165) is 5.56 Å². The summed E-state index contributed by atoms with van der Waals surface area (Å²) in [6.45, 7) is 3.66. The van der Waals surface area contributed by atoms with Crippen LogP contribution in [-0.2, 0) is 15.6 Å². The van der Waals surface area contributed by atoms with Gasteiger partial charge in [0.15, 0.2) is 0 Å². The zero-order valence-corrected chi connectivity index (χ0v) is 10.2. The SMILES string of the molecule is CCC(C(N)=O)S(=O)c1cc(C)ccc1N. The summed E-state index contributed by atoms with van der Waals surface area (Å²) in [6, 6.07) is 5.26. The molecule has 0 aliphatic carbocycles. The van der Waals surface area contributed by atoms with Crippen molar-refractivity contribution in [2.75, 3.05) is 5.73 Å². The van der Waals surface area contributed by atoms with Crippen LogP contribution in [0.1, 0.15) is 18.9 Å². The number of rotatable bonds is 4. The second-order valence-corrected chi connectivity index (χ2v) is 5.24. The molecule has 5 heteroatoms. The molecule has 0 aromatic heterocycles. The van der Waals surface area contributed by atoms with Crippen LogP contribution in [0.4, 0.5) is 5.69 Å². The third-order valence-corrected chi connectivity index (χ3v) is 4.20. The van der Waals surface area contributed by atoms with Gasteiger partial charge in [-0.2, -0.15) is 0 Å². The number of amides is 1. The highest BCUT2D eigenvalue weighted by molar-refractivity contribution is 7.86. The fraction of sp³-hybridized carbons (Fsp3) is 0.364. The Kier molecular flexibility index (Phi) is 4.06. The van der Waals surface area contributed by atoms with Crippen LogP contribution >= 0.6 is 0 Å². The molecule has 4 N–H and O–H groups in total. The number of benzene rings is 1. The average molecular weight is 240 g/mol. The second-order valence-electron chi connectivity index (χ2n) is 3.64. The van der Waals surface area contributed by atoms with E-state index in [1.54, 1.807) is 19.1 Å². The first-order valence-electron chi connectivity index (χ1n) is 5.03. The van der Waals surface area contributed by atoms with Crippen LogP contribution in [0.15, 0.2) is 23.1 Å². The molecule has 88 valence electrons. The number of primary amides is 1. The van der Waals surface area contributed by atoms with Crippen LogP contribution in [0.25, 0.3) is 0 Å². The molecule has 0 aliphatic rings. The molecule has 0 saturated heterocycles. The monoisotopic (exact) mass is 240 g/mol. The summed E-state index contributed by atoms with van der Waals surface area (Å²) in [5.41, 5.74) is 12.3. The summed E-state index contributed by atoms with van der Waals surface area (Å²) in [5.74, 6) is -0.554. The van der Waals surface area contributed by atoms with Gasteiger partial charge in [-0.1, -0.05) is 13.0 Å². The molecule has 1 rings (SSSR count). The maximum absolute atomic E-state index is 12.1. The van der Waals surface area contributed by atoms with Crippen molar-refractivity contribution in [1.82, 2.24) is 0 Å². The topological polar surface area (TPSA) is 86.2 Å². The zero-order chi connectivity index (χ0) is 12.3. The van der Waals surface area contributed by atoms with Gasteiger partial charge in [0.25, 0.3) is 0 Å². The number of nitrogen functional groups attached to an aromatic ring is 1. The fourth-order valence-electron chi connectivity index (χ4n) is 1.43. The number of carbonyl (C=O) groups excluding carboxylic acids is 1. The molecular weight excluding hydrogens is 224 g/mol. The molecule has 1 aromatic carbocycles. The molecule has 0 fully saturated rings. The van der Waals surface area contributed by atoms with Gasteiger partial charge in [-0.25, -0.2) is 0 Å². The van der Waals surface area contributed by atoms with Crippen molar-refractivity contribution in [2.24, 2.45) is 5.73 Å². The van der Waals surface area contributed by atoms with Crippen LogP contribution in [0, 0.1) is 6.92 Å². The van der Waals surface area contributed by atoms with E-state index in [1.165, 1.54) is 0 Å². The summed E-state index contributed by atoms with van der Waals surface area (Å²) in [6.07, 6.45) is 0.440. The number of nitrogens with two attached hydrogens (primary N) is 2. The Balaban J connectivity index is 3.12. The van der Waals surface area contributed by atoms with Crippen molar-refractivity contribution < 1.29 is 9.00 Å². The maximum atomic E-state index is 12.1. The Labute approximate surface area is 97.5 Å². The summed E-state index contributed by atoms with van der Waals surface area (Å²) >= 11 is 0. The van der Waals surface area contributed by atoms with E-state index < -0.39 is 22.0 Å². The van der Waals surface area contributed by atoms with Crippen molar-refractivity contribution >= 4 is 22.4 Å². The minimum absolute atomic E-state index is 0.434. The van der Waals surface area contributed by atoms with Crippen LogP contribution < -0.4 is 11.5 Å². The molecule has 1 amide bonds. The molecule has 0 radical (unpaired) electrons. The molecule has 0 aliphatic heterocycles. The van der Waals surface area contributed by atoms with E-state index >= 15 is 0 Å². The van der Waals surface area contributed by atoms with Crippen LogP contribution in [0.5, 0.6) is 0 Å². The predicted octanol–water partition coefficient (Wildman–Crippen LogP) is 0.949. The second kappa shape index (κ2) is 5.12. The Hall–Kier alpha value is -1.36. The van der Waals surface area contributed by atoms with Crippen LogP contribution in [-0.4, -0.2) is 15.4 Å². The minimum atomic E-state index is -1.47. The molecule has 0 spiro atoms. The summed E-state index contributed by atoms with van der Waals surface area (Å²) in [5, 5.41) is -0.677. The van der Waals surface area contributed by atoms with Crippen molar-refractivity contribution in [1.29, 1.82) is 0 Å². The molecule has 4 nitrogen and oxygen atoms in total. The first-order valence-corrected chi connectivity index (χ1v) is 6.24. The first-order chi connectivity index (χ1) is 7.47. The third-order valence-electron chi connectivity index (χ3n) is 2.33. The quantitative estimate of drug-likeness (QED) is 0.768. The predicted molar refractivity (Wildman–Crippen MR) is 65.3 cm³/mol. The highest BCUT2D eigenvalue weighted by atomic mass is 32.2. The van der Waals surface area contributed by atoms with Gasteiger partial charge in [-0.15, -0.1) is 0 Å². The van der Waals surface area contributed by atoms with Gasteiger partial charge < -0.3 is 11.5 Å². The van der Waals surface area contributed by atoms with E-state index in [1.807, 2.05) is 13.0 Å². The summed E-state index contributed by atoms with van der Waals surface area (Å²) < 4.78 is 12.1. The van der Waals surface area contributed by atoms with E-state index in [-0.39, 0.29) is 0 Å². The molecule has 1 aromatic rings. The lowest BCUT2D eigenvalue weighted by molar-refractivity contribution is -0.117. The van der Waals surface area contributed by atoms with Crippen molar-refractivity contribution in [3.05, 3.63) is 23.8 Å². The number of anilines is 1. The molecule has 16 heavy (non-hydrogen) atoms. The Morgan fingerprint density at radius 2 is 2.12 bits per heavy atom. The Morgan fingerprint density at radius 3 is 2.62 bits per heavy atom.